The van der Waals surface area contributed by atoms with Crippen LogP contribution in [0.15, 0.2) is 73.2 Å². The quantitative estimate of drug-likeness (QED) is 0.478. The van der Waals surface area contributed by atoms with Crippen LogP contribution in [-0.2, 0) is 17.4 Å². The molecule has 4 rings (SSSR count). The van der Waals surface area contributed by atoms with Crippen LogP contribution in [0.4, 0.5) is 30.2 Å². The van der Waals surface area contributed by atoms with Crippen molar-refractivity contribution >= 4 is 28.5 Å². The zero-order valence-electron chi connectivity index (χ0n) is 16.3. The Kier molecular flexibility index (Phi) is 5.62. The summed E-state index contributed by atoms with van der Waals surface area (Å²) in [6, 6.07) is 14.7. The van der Waals surface area contributed by atoms with E-state index in [1.165, 1.54) is 18.3 Å². The summed E-state index contributed by atoms with van der Waals surface area (Å²) in [5.41, 5.74) is 2.12. The van der Waals surface area contributed by atoms with Crippen molar-refractivity contribution in [2.75, 3.05) is 22.5 Å². The van der Waals surface area contributed by atoms with Gasteiger partial charge in [-0.05, 0) is 42.3 Å². The highest BCUT2D eigenvalue weighted by Gasteiger charge is 2.34. The van der Waals surface area contributed by atoms with E-state index in [4.69, 9.17) is 0 Å². The third kappa shape index (κ3) is 4.69. The van der Waals surface area contributed by atoms with Gasteiger partial charge < -0.3 is 16.0 Å². The van der Waals surface area contributed by atoms with Gasteiger partial charge in [-0.3, -0.25) is 9.78 Å². The Balaban J connectivity index is 1.51. The second-order valence-corrected chi connectivity index (χ2v) is 7.00. The first-order chi connectivity index (χ1) is 14.9. The van der Waals surface area contributed by atoms with Gasteiger partial charge in [-0.25, -0.2) is 0 Å². The van der Waals surface area contributed by atoms with E-state index in [-0.39, 0.29) is 17.3 Å². The molecule has 0 spiro atoms. The van der Waals surface area contributed by atoms with Gasteiger partial charge in [0.2, 0.25) is 0 Å². The van der Waals surface area contributed by atoms with Gasteiger partial charge in [-0.15, -0.1) is 0 Å². The fourth-order valence-corrected chi connectivity index (χ4v) is 3.35. The maximum absolute atomic E-state index is 13.6. The molecule has 0 fully saturated rings. The molecule has 0 unspecified atom stereocenters. The summed E-state index contributed by atoms with van der Waals surface area (Å²) < 4.78 is 40.9. The summed E-state index contributed by atoms with van der Waals surface area (Å²) in [6.45, 7) is 0.336. The molecule has 0 atom stereocenters. The predicted molar refractivity (Wildman–Crippen MR) is 115 cm³/mol. The van der Waals surface area contributed by atoms with Crippen molar-refractivity contribution < 1.29 is 18.0 Å². The number of rotatable bonds is 6. The molecular formula is C23H19F3N4O. The van der Waals surface area contributed by atoms with Gasteiger partial charge in [0.25, 0.3) is 5.91 Å². The highest BCUT2D eigenvalue weighted by atomic mass is 19.4. The molecule has 158 valence electrons. The van der Waals surface area contributed by atoms with Gasteiger partial charge in [-0.1, -0.05) is 24.3 Å². The summed E-state index contributed by atoms with van der Waals surface area (Å²) in [5.74, 6) is -0.307. The monoisotopic (exact) mass is 424 g/mol. The third-order valence-electron chi connectivity index (χ3n) is 4.87. The molecule has 1 aliphatic rings. The van der Waals surface area contributed by atoms with Crippen LogP contribution in [0.5, 0.6) is 0 Å². The largest absolute Gasteiger partial charge is 0.418 e. The molecule has 2 heterocycles. The first-order valence-corrected chi connectivity index (χ1v) is 9.63. The van der Waals surface area contributed by atoms with E-state index in [9.17, 15) is 18.0 Å². The number of pyridine rings is 1. The highest BCUT2D eigenvalue weighted by Crippen LogP contribution is 2.37. The number of carbonyl (C=O) groups excluding carboxylic acids is 1. The Morgan fingerprint density at radius 1 is 1.06 bits per heavy atom. The minimum Gasteiger partial charge on any atom is -0.384 e. The lowest BCUT2D eigenvalue weighted by molar-refractivity contribution is -0.136. The Labute approximate surface area is 177 Å². The number of hydrogen-bond acceptors (Lipinski definition) is 4. The Bertz CT molecular complexity index is 1130. The maximum atomic E-state index is 13.6. The zero-order valence-corrected chi connectivity index (χ0v) is 16.3. The molecule has 0 bridgehead atoms. The minimum absolute atomic E-state index is 0.00134. The molecule has 8 heteroatoms. The molecule has 1 amide bonds. The predicted octanol–water partition coefficient (Wildman–Crippen LogP) is 5.16. The topological polar surface area (TPSA) is 66.1 Å². The number of alkyl halides is 3. The minimum atomic E-state index is -4.53. The van der Waals surface area contributed by atoms with Crippen LogP contribution in [0, 0.1) is 0 Å². The van der Waals surface area contributed by atoms with Crippen LogP contribution < -0.4 is 16.0 Å². The smallest absolute Gasteiger partial charge is 0.384 e. The van der Waals surface area contributed by atoms with Crippen molar-refractivity contribution in [1.82, 2.24) is 4.98 Å². The van der Waals surface area contributed by atoms with Gasteiger partial charge in [-0.2, -0.15) is 13.2 Å². The van der Waals surface area contributed by atoms with E-state index in [0.717, 1.165) is 11.6 Å². The SMILES string of the molecule is O=C1Nc2ccccc2/C1=C\Nc1ccc(NCCc2cccnc2)c(C(F)(F)F)c1. The number of hydrogen-bond donors (Lipinski definition) is 3. The number of nitrogens with zero attached hydrogens (tertiary/aromatic N) is 1. The highest BCUT2D eigenvalue weighted by molar-refractivity contribution is 6.31. The Morgan fingerprint density at radius 3 is 2.68 bits per heavy atom. The lowest BCUT2D eigenvalue weighted by atomic mass is 10.1. The van der Waals surface area contributed by atoms with Gasteiger partial charge >= 0.3 is 6.18 Å². The molecule has 3 aromatic rings. The number of nitrogens with one attached hydrogen (secondary N) is 3. The summed E-state index contributed by atoms with van der Waals surface area (Å²) in [7, 11) is 0. The van der Waals surface area contributed by atoms with Crippen molar-refractivity contribution in [3.8, 4) is 0 Å². The van der Waals surface area contributed by atoms with Gasteiger partial charge in [0, 0.05) is 47.8 Å². The van der Waals surface area contributed by atoms with E-state index < -0.39 is 11.7 Å². The van der Waals surface area contributed by atoms with Crippen LogP contribution in [-0.4, -0.2) is 17.4 Å². The van der Waals surface area contributed by atoms with Crippen LogP contribution in [0.3, 0.4) is 0 Å². The number of fused-ring (bicyclic) bond motifs is 1. The number of amides is 1. The first-order valence-electron chi connectivity index (χ1n) is 9.63. The van der Waals surface area contributed by atoms with Crippen molar-refractivity contribution in [2.24, 2.45) is 0 Å². The molecule has 0 aliphatic carbocycles. The third-order valence-corrected chi connectivity index (χ3v) is 4.87. The number of halogens is 3. The van der Waals surface area contributed by atoms with Crippen molar-refractivity contribution in [1.29, 1.82) is 0 Å². The number of aromatic nitrogens is 1. The van der Waals surface area contributed by atoms with Crippen LogP contribution in [0.1, 0.15) is 16.7 Å². The average molecular weight is 424 g/mol. The molecule has 0 radical (unpaired) electrons. The first kappa shape index (κ1) is 20.5. The van der Waals surface area contributed by atoms with Crippen molar-refractivity contribution in [3.63, 3.8) is 0 Å². The number of carbonyl (C=O) groups is 1. The molecule has 3 N–H and O–H groups in total. The lowest BCUT2D eigenvalue weighted by Gasteiger charge is -2.16. The summed E-state index contributed by atoms with van der Waals surface area (Å²) in [5, 5.41) is 8.40. The van der Waals surface area contributed by atoms with Gasteiger partial charge in [0.05, 0.1) is 11.1 Å². The van der Waals surface area contributed by atoms with Crippen LogP contribution >= 0.6 is 0 Å². The molecule has 2 aromatic carbocycles. The lowest BCUT2D eigenvalue weighted by Crippen LogP contribution is -2.13. The summed E-state index contributed by atoms with van der Waals surface area (Å²) in [4.78, 5) is 16.2. The van der Waals surface area contributed by atoms with E-state index >= 15 is 0 Å². The molecule has 0 saturated heterocycles. The molecule has 1 aliphatic heterocycles. The van der Waals surface area contributed by atoms with Crippen molar-refractivity contribution in [2.45, 2.75) is 12.6 Å². The molecule has 0 saturated carbocycles. The zero-order chi connectivity index (χ0) is 21.8. The second kappa shape index (κ2) is 8.51. The fraction of sp³-hybridized carbons (Fsp3) is 0.130. The average Bonchev–Trinajstić information content (AvgIpc) is 3.08. The van der Waals surface area contributed by atoms with E-state index in [1.54, 1.807) is 42.7 Å². The number of para-hydroxylation sites is 1. The molecule has 31 heavy (non-hydrogen) atoms. The number of benzene rings is 2. The fourth-order valence-electron chi connectivity index (χ4n) is 3.35. The molecular weight excluding hydrogens is 405 g/mol. The van der Waals surface area contributed by atoms with E-state index in [1.807, 2.05) is 6.07 Å². The van der Waals surface area contributed by atoms with Crippen molar-refractivity contribution in [3.05, 3.63) is 89.9 Å². The number of anilines is 3. The van der Waals surface area contributed by atoms with Gasteiger partial charge in [0.15, 0.2) is 0 Å². The van der Waals surface area contributed by atoms with E-state index in [0.29, 0.717) is 29.8 Å². The van der Waals surface area contributed by atoms with Crippen LogP contribution in [0.25, 0.3) is 5.57 Å². The Morgan fingerprint density at radius 2 is 1.90 bits per heavy atom. The molecule has 5 nitrogen and oxygen atoms in total. The standard InChI is InChI=1S/C23H19F3N4O/c24-23(25,26)19-12-16(7-8-21(19)28-11-9-15-4-3-10-27-13-15)29-14-18-17-5-1-2-6-20(17)30-22(18)31/h1-8,10,12-14,28-29H,9,11H2,(H,30,31)/b18-14+. The summed E-state index contributed by atoms with van der Waals surface area (Å²) >= 11 is 0. The maximum Gasteiger partial charge on any atom is 0.418 e. The van der Waals surface area contributed by atoms with Gasteiger partial charge in [0.1, 0.15) is 0 Å². The Hall–Kier alpha value is -3.81. The summed E-state index contributed by atoms with van der Waals surface area (Å²) in [6.07, 6.45) is 0.772. The second-order valence-electron chi connectivity index (χ2n) is 7.00. The normalized spacial score (nSPS) is 14.3. The molecule has 1 aromatic heterocycles. The van der Waals surface area contributed by atoms with Crippen LogP contribution in [0.2, 0.25) is 0 Å². The van der Waals surface area contributed by atoms with E-state index in [2.05, 4.69) is 20.9 Å².